The molecule has 0 aliphatic heterocycles. The standard InChI is InChI=1S/C17H26ClNO5S/c1-4-14(19-24-8-6-7-18)17-15(20)10-13(11-16(17)21)9-12(3)25(22,23)5-2/h6-7,12-13,20H,4-5,8-11H2,1-3H3/b7-6+,19-14+/t12-,13?/m1/s1. The molecule has 1 rings (SSSR count). The molecule has 2 atom stereocenters. The molecule has 0 radical (unpaired) electrons. The fourth-order valence-corrected chi connectivity index (χ4v) is 4.06. The van der Waals surface area contributed by atoms with Crippen LogP contribution in [0.2, 0.25) is 0 Å². The molecule has 6 nitrogen and oxygen atoms in total. The van der Waals surface area contributed by atoms with Crippen molar-refractivity contribution in [3.8, 4) is 0 Å². The Morgan fingerprint density at radius 3 is 2.64 bits per heavy atom. The highest BCUT2D eigenvalue weighted by Gasteiger charge is 2.33. The van der Waals surface area contributed by atoms with Gasteiger partial charge in [0.15, 0.2) is 15.6 Å². The number of carbonyl (C=O) groups is 1. The summed E-state index contributed by atoms with van der Waals surface area (Å²) in [5, 5.41) is 13.7. The van der Waals surface area contributed by atoms with Gasteiger partial charge in [0.2, 0.25) is 0 Å². The van der Waals surface area contributed by atoms with Crippen LogP contribution in [0.25, 0.3) is 0 Å². The van der Waals surface area contributed by atoms with Crippen molar-refractivity contribution in [1.29, 1.82) is 0 Å². The van der Waals surface area contributed by atoms with E-state index < -0.39 is 15.1 Å². The monoisotopic (exact) mass is 391 g/mol. The van der Waals surface area contributed by atoms with Gasteiger partial charge in [0.05, 0.1) is 16.5 Å². The molecule has 0 amide bonds. The molecule has 1 N–H and O–H groups in total. The zero-order valence-electron chi connectivity index (χ0n) is 14.9. The second-order valence-corrected chi connectivity index (χ2v) is 9.03. The first-order valence-electron chi connectivity index (χ1n) is 8.38. The predicted molar refractivity (Wildman–Crippen MR) is 99.6 cm³/mol. The molecule has 1 unspecified atom stereocenters. The van der Waals surface area contributed by atoms with Crippen molar-refractivity contribution >= 4 is 32.9 Å². The van der Waals surface area contributed by atoms with E-state index in [4.69, 9.17) is 16.4 Å². The van der Waals surface area contributed by atoms with Crippen LogP contribution in [0.4, 0.5) is 0 Å². The summed E-state index contributed by atoms with van der Waals surface area (Å²) in [5.74, 6) is -0.389. The van der Waals surface area contributed by atoms with E-state index in [1.807, 2.05) is 6.92 Å². The maximum Gasteiger partial charge on any atom is 0.168 e. The van der Waals surface area contributed by atoms with Crippen molar-refractivity contribution in [3.05, 3.63) is 22.9 Å². The van der Waals surface area contributed by atoms with Gasteiger partial charge in [0.1, 0.15) is 12.4 Å². The molecule has 0 bridgehead atoms. The quantitative estimate of drug-likeness (QED) is 0.368. The van der Waals surface area contributed by atoms with Gasteiger partial charge in [-0.05, 0) is 31.8 Å². The summed E-state index contributed by atoms with van der Waals surface area (Å²) in [4.78, 5) is 17.5. The highest BCUT2D eigenvalue weighted by atomic mass is 35.5. The summed E-state index contributed by atoms with van der Waals surface area (Å²) >= 11 is 5.39. The van der Waals surface area contributed by atoms with Crippen LogP contribution in [0.1, 0.15) is 46.5 Å². The lowest BCUT2D eigenvalue weighted by Gasteiger charge is -2.25. The molecule has 0 fully saturated rings. The van der Waals surface area contributed by atoms with Crippen molar-refractivity contribution in [3.63, 3.8) is 0 Å². The number of Topliss-reactive ketones (excluding diaryl/α,β-unsaturated/α-hetero) is 1. The summed E-state index contributed by atoms with van der Waals surface area (Å²) in [6, 6.07) is 0. The van der Waals surface area contributed by atoms with Crippen molar-refractivity contribution in [1.82, 2.24) is 0 Å². The fraction of sp³-hybridized carbons (Fsp3) is 0.647. The Bertz CT molecular complexity index is 667. The van der Waals surface area contributed by atoms with Gasteiger partial charge in [-0.15, -0.1) is 0 Å². The zero-order chi connectivity index (χ0) is 19.0. The van der Waals surface area contributed by atoms with Gasteiger partial charge in [-0.25, -0.2) is 8.42 Å². The molecule has 142 valence electrons. The maximum atomic E-state index is 12.5. The van der Waals surface area contributed by atoms with Gasteiger partial charge in [-0.3, -0.25) is 4.79 Å². The molecular formula is C17H26ClNO5S. The summed E-state index contributed by atoms with van der Waals surface area (Å²) in [6.45, 7) is 5.24. The normalized spacial score (nSPS) is 21.0. The van der Waals surface area contributed by atoms with Crippen LogP contribution in [0.5, 0.6) is 0 Å². The summed E-state index contributed by atoms with van der Waals surface area (Å²) in [7, 11) is -3.15. The largest absolute Gasteiger partial charge is 0.511 e. The van der Waals surface area contributed by atoms with Crippen molar-refractivity contribution in [2.45, 2.75) is 51.7 Å². The first-order chi connectivity index (χ1) is 11.8. The average molecular weight is 392 g/mol. The predicted octanol–water partition coefficient (Wildman–Crippen LogP) is 3.53. The van der Waals surface area contributed by atoms with Crippen LogP contribution in [0, 0.1) is 5.92 Å². The number of aliphatic hydroxyl groups is 1. The van der Waals surface area contributed by atoms with Crippen molar-refractivity contribution in [2.75, 3.05) is 12.4 Å². The Kier molecular flexibility index (Phi) is 8.65. The minimum atomic E-state index is -3.15. The number of nitrogens with zero attached hydrogens (tertiary/aromatic N) is 1. The van der Waals surface area contributed by atoms with Crippen molar-refractivity contribution < 1.29 is 23.2 Å². The molecule has 0 aromatic carbocycles. The van der Waals surface area contributed by atoms with E-state index in [1.54, 1.807) is 19.9 Å². The third-order valence-electron chi connectivity index (χ3n) is 4.26. The Balaban J connectivity index is 2.89. The first-order valence-corrected chi connectivity index (χ1v) is 10.5. The Hall–Kier alpha value is -1.34. The second kappa shape index (κ2) is 9.97. The molecule has 8 heteroatoms. The Labute approximate surface area is 154 Å². The number of halogens is 1. The van der Waals surface area contributed by atoms with Crippen LogP contribution in [-0.4, -0.2) is 42.6 Å². The molecule has 0 aromatic heterocycles. The van der Waals surface area contributed by atoms with Crippen LogP contribution in [0.3, 0.4) is 0 Å². The van der Waals surface area contributed by atoms with Gasteiger partial charge in [-0.2, -0.15) is 0 Å². The third-order valence-corrected chi connectivity index (χ3v) is 6.66. The molecule has 1 aliphatic rings. The second-order valence-electron chi connectivity index (χ2n) is 6.07. The van der Waals surface area contributed by atoms with E-state index in [0.29, 0.717) is 18.6 Å². The number of oxime groups is 1. The van der Waals surface area contributed by atoms with Crippen molar-refractivity contribution in [2.24, 2.45) is 11.1 Å². The summed E-state index contributed by atoms with van der Waals surface area (Å²) in [5.41, 5.74) is 1.89. The van der Waals surface area contributed by atoms with Gasteiger partial charge in [0.25, 0.3) is 0 Å². The minimum absolute atomic E-state index is 0.0422. The highest BCUT2D eigenvalue weighted by Crippen LogP contribution is 2.31. The van der Waals surface area contributed by atoms with E-state index in [0.717, 1.165) is 0 Å². The average Bonchev–Trinajstić information content (AvgIpc) is 2.56. The third kappa shape index (κ3) is 6.15. The van der Waals surface area contributed by atoms with Gasteiger partial charge in [0, 0.05) is 24.1 Å². The number of hydrogen-bond acceptors (Lipinski definition) is 6. The molecule has 0 saturated carbocycles. The molecule has 0 spiro atoms. The molecule has 25 heavy (non-hydrogen) atoms. The van der Waals surface area contributed by atoms with E-state index in [2.05, 4.69) is 5.16 Å². The minimum Gasteiger partial charge on any atom is -0.511 e. The highest BCUT2D eigenvalue weighted by molar-refractivity contribution is 7.91. The van der Waals surface area contributed by atoms with E-state index >= 15 is 0 Å². The lowest BCUT2D eigenvalue weighted by molar-refractivity contribution is -0.116. The van der Waals surface area contributed by atoms with E-state index in [9.17, 15) is 18.3 Å². The lowest BCUT2D eigenvalue weighted by atomic mass is 9.82. The van der Waals surface area contributed by atoms with Crippen LogP contribution >= 0.6 is 11.6 Å². The van der Waals surface area contributed by atoms with Crippen LogP contribution in [-0.2, 0) is 19.5 Å². The number of carbonyl (C=O) groups excluding carboxylic acids is 1. The number of rotatable bonds is 9. The van der Waals surface area contributed by atoms with Gasteiger partial charge in [-0.1, -0.05) is 30.6 Å². The summed E-state index contributed by atoms with van der Waals surface area (Å²) in [6.07, 6.45) is 2.81. The number of hydrogen-bond donors (Lipinski definition) is 1. The van der Waals surface area contributed by atoms with Gasteiger partial charge >= 0.3 is 0 Å². The Morgan fingerprint density at radius 1 is 1.44 bits per heavy atom. The molecular weight excluding hydrogens is 366 g/mol. The number of aliphatic hydroxyl groups excluding tert-OH is 1. The molecule has 0 saturated heterocycles. The number of allylic oxidation sites excluding steroid dienone is 2. The summed E-state index contributed by atoms with van der Waals surface area (Å²) < 4.78 is 23.8. The van der Waals surface area contributed by atoms with E-state index in [-0.39, 0.29) is 48.2 Å². The number of sulfone groups is 1. The first kappa shape index (κ1) is 21.7. The Morgan fingerprint density at radius 2 is 2.12 bits per heavy atom. The topological polar surface area (TPSA) is 93.0 Å². The zero-order valence-corrected chi connectivity index (χ0v) is 16.4. The van der Waals surface area contributed by atoms with Gasteiger partial charge < -0.3 is 9.94 Å². The maximum absolute atomic E-state index is 12.5. The molecule has 0 heterocycles. The fourth-order valence-electron chi connectivity index (χ4n) is 2.85. The van der Waals surface area contributed by atoms with E-state index in [1.165, 1.54) is 5.54 Å². The lowest BCUT2D eigenvalue weighted by Crippen LogP contribution is -2.29. The van der Waals surface area contributed by atoms with Crippen LogP contribution in [0.15, 0.2) is 28.1 Å². The smallest absolute Gasteiger partial charge is 0.168 e. The molecule has 0 aromatic rings. The SMILES string of the molecule is CC/C(=N\OC/C=C/Cl)C1=C(O)CC(C[C@@H](C)S(=O)(=O)CC)CC1=O. The number of ketones is 1. The van der Waals surface area contributed by atoms with Crippen LogP contribution < -0.4 is 0 Å². The molecule has 1 aliphatic carbocycles.